The van der Waals surface area contributed by atoms with Crippen LogP contribution in [-0.2, 0) is 23.0 Å². The van der Waals surface area contributed by atoms with Gasteiger partial charge in [-0.05, 0) is 17.5 Å². The number of sulfonamides is 1. The molecule has 0 bridgehead atoms. The normalized spacial score (nSPS) is 18.5. The highest BCUT2D eigenvalue weighted by Crippen LogP contribution is 2.36. The van der Waals surface area contributed by atoms with Crippen molar-refractivity contribution in [3.05, 3.63) is 59.7 Å². The summed E-state index contributed by atoms with van der Waals surface area (Å²) in [6.45, 7) is 1.92. The molecule has 3 heterocycles. The first-order valence-electron chi connectivity index (χ1n) is 7.43. The van der Waals surface area contributed by atoms with Crippen LogP contribution in [0.4, 0.5) is 0 Å². The summed E-state index contributed by atoms with van der Waals surface area (Å²) in [6, 6.07) is 7.21. The number of fused-ring (bicyclic) bond motifs is 1. The van der Waals surface area contributed by atoms with Crippen LogP contribution >= 0.6 is 0 Å². The van der Waals surface area contributed by atoms with Gasteiger partial charge >= 0.3 is 0 Å². The van der Waals surface area contributed by atoms with Gasteiger partial charge in [0.25, 0.3) is 10.0 Å². The molecule has 0 amide bonds. The molecule has 8 nitrogen and oxygen atoms in total. The molecule has 0 spiro atoms. The second-order valence-electron chi connectivity index (χ2n) is 5.61. The fourth-order valence-corrected chi connectivity index (χ4v) is 4.38. The van der Waals surface area contributed by atoms with Crippen LogP contribution in [0.3, 0.4) is 0 Å². The number of H-pyrrole nitrogens is 1. The van der Waals surface area contributed by atoms with Crippen molar-refractivity contribution in [2.24, 2.45) is 0 Å². The molecule has 24 heavy (non-hydrogen) atoms. The summed E-state index contributed by atoms with van der Waals surface area (Å²) >= 11 is 0. The second kappa shape index (κ2) is 5.53. The predicted molar refractivity (Wildman–Crippen MR) is 83.2 cm³/mol. The quantitative estimate of drug-likeness (QED) is 0.773. The summed E-state index contributed by atoms with van der Waals surface area (Å²) < 4.78 is 32.9. The van der Waals surface area contributed by atoms with Crippen molar-refractivity contribution in [1.82, 2.24) is 24.5 Å². The average Bonchev–Trinajstić information content (AvgIpc) is 3.25. The Hall–Kier alpha value is -2.52. The van der Waals surface area contributed by atoms with E-state index in [9.17, 15) is 8.42 Å². The fraction of sp³-hybridized carbons (Fsp3) is 0.267. The number of hydrogen-bond acceptors (Lipinski definition) is 6. The van der Waals surface area contributed by atoms with Crippen molar-refractivity contribution in [2.45, 2.75) is 31.0 Å². The van der Waals surface area contributed by atoms with Gasteiger partial charge in [-0.1, -0.05) is 24.3 Å². The van der Waals surface area contributed by atoms with Crippen molar-refractivity contribution in [3.8, 4) is 0 Å². The van der Waals surface area contributed by atoms with Crippen LogP contribution in [0, 0.1) is 6.92 Å². The number of aryl methyl sites for hydroxylation is 1. The Morgan fingerprint density at radius 2 is 2.04 bits per heavy atom. The minimum absolute atomic E-state index is 0.0446. The number of aromatic nitrogens is 4. The van der Waals surface area contributed by atoms with E-state index >= 15 is 0 Å². The van der Waals surface area contributed by atoms with E-state index in [1.165, 1.54) is 16.8 Å². The SMILES string of the molecule is Cc1nnc([C@@H]2Cc3ccccc3CN2S(=O)(=O)c2cnc[nH]2)o1. The summed E-state index contributed by atoms with van der Waals surface area (Å²) in [5.74, 6) is 0.702. The standard InChI is InChI=1S/C15H15N5O3S/c1-10-18-19-15(23-10)13-6-11-4-2-3-5-12(11)8-20(13)24(21,22)14-7-16-9-17-14/h2-5,7,9,13H,6,8H2,1H3,(H,16,17)/t13-/m0/s1. The van der Waals surface area contributed by atoms with Gasteiger partial charge in [0.05, 0.1) is 12.5 Å². The van der Waals surface area contributed by atoms with Gasteiger partial charge in [-0.25, -0.2) is 13.4 Å². The van der Waals surface area contributed by atoms with E-state index < -0.39 is 16.1 Å². The van der Waals surface area contributed by atoms with Crippen LogP contribution in [0.15, 0.2) is 46.2 Å². The molecule has 0 fully saturated rings. The summed E-state index contributed by atoms with van der Waals surface area (Å²) in [4.78, 5) is 6.49. The smallest absolute Gasteiger partial charge is 0.261 e. The number of nitrogens with one attached hydrogen (secondary N) is 1. The maximum atomic E-state index is 13.0. The lowest BCUT2D eigenvalue weighted by Crippen LogP contribution is -2.39. The van der Waals surface area contributed by atoms with Crippen LogP contribution < -0.4 is 0 Å². The molecule has 0 unspecified atom stereocenters. The third-order valence-corrected chi connectivity index (χ3v) is 5.87. The van der Waals surface area contributed by atoms with Gasteiger partial charge in [-0.3, -0.25) is 0 Å². The van der Waals surface area contributed by atoms with E-state index in [0.717, 1.165) is 11.1 Å². The summed E-state index contributed by atoms with van der Waals surface area (Å²) in [6.07, 6.45) is 3.12. The molecule has 0 aliphatic carbocycles. The van der Waals surface area contributed by atoms with Gasteiger partial charge in [0.15, 0.2) is 5.03 Å². The Morgan fingerprint density at radius 3 is 2.71 bits per heavy atom. The highest BCUT2D eigenvalue weighted by molar-refractivity contribution is 7.89. The zero-order valence-corrected chi connectivity index (χ0v) is 13.7. The molecule has 1 atom stereocenters. The zero-order valence-electron chi connectivity index (χ0n) is 12.9. The van der Waals surface area contributed by atoms with Crippen molar-refractivity contribution < 1.29 is 12.8 Å². The summed E-state index contributed by atoms with van der Waals surface area (Å²) in [7, 11) is -3.76. The molecule has 0 saturated carbocycles. The Labute approximate surface area is 138 Å². The van der Waals surface area contributed by atoms with Gasteiger partial charge in [0, 0.05) is 13.5 Å². The topological polar surface area (TPSA) is 105 Å². The van der Waals surface area contributed by atoms with Crippen molar-refractivity contribution in [2.75, 3.05) is 0 Å². The Balaban J connectivity index is 1.82. The zero-order chi connectivity index (χ0) is 16.7. The minimum atomic E-state index is -3.76. The Kier molecular flexibility index (Phi) is 3.47. The van der Waals surface area contributed by atoms with Gasteiger partial charge in [0.2, 0.25) is 11.8 Å². The van der Waals surface area contributed by atoms with Crippen LogP contribution in [0.25, 0.3) is 0 Å². The molecule has 124 valence electrons. The molecule has 0 radical (unpaired) electrons. The Bertz CT molecular complexity index is 965. The average molecular weight is 345 g/mol. The molecule has 3 aromatic rings. The fourth-order valence-electron chi connectivity index (χ4n) is 2.92. The van der Waals surface area contributed by atoms with Crippen LogP contribution in [0.1, 0.15) is 29.0 Å². The molecule has 9 heteroatoms. The first kappa shape index (κ1) is 15.0. The van der Waals surface area contributed by atoms with E-state index in [0.29, 0.717) is 18.2 Å². The van der Waals surface area contributed by atoms with Gasteiger partial charge in [-0.15, -0.1) is 10.2 Å². The van der Waals surface area contributed by atoms with Gasteiger partial charge in [-0.2, -0.15) is 4.31 Å². The maximum absolute atomic E-state index is 13.0. The van der Waals surface area contributed by atoms with Gasteiger partial charge < -0.3 is 9.40 Å². The van der Waals surface area contributed by atoms with Crippen LogP contribution in [0.2, 0.25) is 0 Å². The number of hydrogen-bond donors (Lipinski definition) is 1. The molecule has 1 aliphatic rings. The number of rotatable bonds is 3. The number of benzene rings is 1. The van der Waals surface area contributed by atoms with E-state index in [-0.39, 0.29) is 11.6 Å². The summed E-state index contributed by atoms with van der Waals surface area (Å²) in [5.41, 5.74) is 2.04. The van der Waals surface area contributed by atoms with Crippen LogP contribution in [0.5, 0.6) is 0 Å². The maximum Gasteiger partial charge on any atom is 0.261 e. The van der Waals surface area contributed by atoms with Crippen molar-refractivity contribution in [3.63, 3.8) is 0 Å². The molecular weight excluding hydrogens is 330 g/mol. The third-order valence-electron chi connectivity index (χ3n) is 4.09. The molecule has 1 N–H and O–H groups in total. The van der Waals surface area contributed by atoms with Crippen molar-refractivity contribution in [1.29, 1.82) is 0 Å². The predicted octanol–water partition coefficient (Wildman–Crippen LogP) is 1.59. The first-order chi connectivity index (χ1) is 11.6. The van der Waals surface area contributed by atoms with E-state index in [1.807, 2.05) is 24.3 Å². The molecule has 0 saturated heterocycles. The minimum Gasteiger partial charge on any atom is -0.424 e. The molecular formula is C15H15N5O3S. The number of aromatic amines is 1. The monoisotopic (exact) mass is 345 g/mol. The number of nitrogens with zero attached hydrogens (tertiary/aromatic N) is 4. The van der Waals surface area contributed by atoms with Crippen molar-refractivity contribution >= 4 is 10.0 Å². The van der Waals surface area contributed by atoms with Crippen LogP contribution in [-0.4, -0.2) is 32.9 Å². The lowest BCUT2D eigenvalue weighted by atomic mass is 9.96. The lowest BCUT2D eigenvalue weighted by molar-refractivity contribution is 0.248. The van der Waals surface area contributed by atoms with E-state index in [4.69, 9.17) is 4.42 Å². The highest BCUT2D eigenvalue weighted by atomic mass is 32.2. The molecule has 4 rings (SSSR count). The van der Waals surface area contributed by atoms with E-state index in [1.54, 1.807) is 6.92 Å². The molecule has 1 aromatic carbocycles. The Morgan fingerprint density at radius 1 is 1.25 bits per heavy atom. The number of imidazole rings is 1. The largest absolute Gasteiger partial charge is 0.424 e. The van der Waals surface area contributed by atoms with Gasteiger partial charge in [0.1, 0.15) is 6.04 Å². The van der Waals surface area contributed by atoms with E-state index in [2.05, 4.69) is 20.2 Å². The molecule has 2 aromatic heterocycles. The highest BCUT2D eigenvalue weighted by Gasteiger charge is 2.39. The summed E-state index contributed by atoms with van der Waals surface area (Å²) in [5, 5.41) is 7.92. The third kappa shape index (κ3) is 2.42. The lowest BCUT2D eigenvalue weighted by Gasteiger charge is -2.33. The molecule has 1 aliphatic heterocycles. The first-order valence-corrected chi connectivity index (χ1v) is 8.87. The second-order valence-corrected chi connectivity index (χ2v) is 7.47.